The van der Waals surface area contributed by atoms with Gasteiger partial charge in [0.2, 0.25) is 0 Å². The molecule has 1 heterocycles. The minimum absolute atomic E-state index is 0.0891. The maximum absolute atomic E-state index is 13.6. The summed E-state index contributed by atoms with van der Waals surface area (Å²) in [6.07, 6.45) is 4.84. The van der Waals surface area contributed by atoms with E-state index in [1.165, 1.54) is 18.8 Å². The number of fused-ring (bicyclic) bond motifs is 1. The van der Waals surface area contributed by atoms with Gasteiger partial charge >= 0.3 is 5.69 Å². The van der Waals surface area contributed by atoms with Crippen LogP contribution in [0.5, 0.6) is 11.5 Å². The van der Waals surface area contributed by atoms with Crippen molar-refractivity contribution in [2.45, 2.75) is 44.7 Å². The second-order valence-corrected chi connectivity index (χ2v) is 8.06. The molecule has 2 aromatic carbocycles. The Bertz CT molecular complexity index is 1190. The van der Waals surface area contributed by atoms with Crippen molar-refractivity contribution in [3.8, 4) is 11.5 Å². The van der Waals surface area contributed by atoms with E-state index in [9.17, 15) is 9.59 Å². The Morgan fingerprint density at radius 3 is 2.33 bits per heavy atom. The van der Waals surface area contributed by atoms with Crippen LogP contribution in [0.15, 0.2) is 46.0 Å². The molecule has 158 valence electrons. The van der Waals surface area contributed by atoms with Crippen molar-refractivity contribution in [1.82, 2.24) is 9.13 Å². The third-order valence-corrected chi connectivity index (χ3v) is 6.27. The number of halogens is 1. The molecule has 0 spiro atoms. The molecule has 0 atom stereocenters. The normalized spacial score (nSPS) is 14.8. The molecule has 3 aromatic rings. The fourth-order valence-corrected chi connectivity index (χ4v) is 4.52. The van der Waals surface area contributed by atoms with Crippen LogP contribution in [0.4, 0.5) is 0 Å². The summed E-state index contributed by atoms with van der Waals surface area (Å²) in [6.45, 7) is 0.261. The first kappa shape index (κ1) is 20.5. The van der Waals surface area contributed by atoms with Gasteiger partial charge in [-0.1, -0.05) is 49.1 Å². The Labute approximate surface area is 179 Å². The van der Waals surface area contributed by atoms with Gasteiger partial charge in [0.15, 0.2) is 11.5 Å². The Morgan fingerprint density at radius 2 is 1.67 bits per heavy atom. The van der Waals surface area contributed by atoms with Gasteiger partial charge in [-0.2, -0.15) is 0 Å². The van der Waals surface area contributed by atoms with E-state index in [1.807, 2.05) is 18.2 Å². The Hall–Kier alpha value is -2.73. The maximum Gasteiger partial charge on any atom is 0.332 e. The molecule has 0 amide bonds. The van der Waals surface area contributed by atoms with Crippen LogP contribution in [0.3, 0.4) is 0 Å². The summed E-state index contributed by atoms with van der Waals surface area (Å²) in [5, 5.41) is 1.01. The lowest BCUT2D eigenvalue weighted by Crippen LogP contribution is -2.43. The van der Waals surface area contributed by atoms with Crippen LogP contribution < -0.4 is 20.7 Å². The van der Waals surface area contributed by atoms with Gasteiger partial charge < -0.3 is 9.47 Å². The van der Waals surface area contributed by atoms with E-state index in [1.54, 1.807) is 22.8 Å². The maximum atomic E-state index is 13.6. The lowest BCUT2D eigenvalue weighted by molar-refractivity contribution is 0.332. The molecular formula is C23H25ClN2O4. The second-order valence-electron chi connectivity index (χ2n) is 7.65. The van der Waals surface area contributed by atoms with E-state index >= 15 is 0 Å². The van der Waals surface area contributed by atoms with E-state index in [2.05, 4.69) is 0 Å². The molecule has 1 fully saturated rings. The SMILES string of the molecule is COc1cc2c(=O)n(C3CCCCC3)c(=O)n(Cc3ccccc3Cl)c2cc1OC. The largest absolute Gasteiger partial charge is 0.493 e. The second kappa shape index (κ2) is 8.56. The number of hydrogen-bond donors (Lipinski definition) is 0. The zero-order valence-electron chi connectivity index (χ0n) is 17.2. The summed E-state index contributed by atoms with van der Waals surface area (Å²) >= 11 is 6.38. The topological polar surface area (TPSA) is 62.5 Å². The summed E-state index contributed by atoms with van der Waals surface area (Å²) in [6, 6.07) is 10.7. The van der Waals surface area contributed by atoms with Crippen molar-refractivity contribution in [1.29, 1.82) is 0 Å². The van der Waals surface area contributed by atoms with E-state index < -0.39 is 0 Å². The molecule has 6 nitrogen and oxygen atoms in total. The summed E-state index contributed by atoms with van der Waals surface area (Å²) in [5.41, 5.74) is 0.727. The summed E-state index contributed by atoms with van der Waals surface area (Å²) in [4.78, 5) is 27.0. The van der Waals surface area contributed by atoms with Crippen molar-refractivity contribution in [3.05, 3.63) is 67.8 Å². The molecule has 0 N–H and O–H groups in total. The number of aromatic nitrogens is 2. The molecular weight excluding hydrogens is 404 g/mol. The highest BCUT2D eigenvalue weighted by Crippen LogP contribution is 2.32. The van der Waals surface area contributed by atoms with Gasteiger partial charge in [-0.25, -0.2) is 4.79 Å². The third kappa shape index (κ3) is 3.60. The van der Waals surface area contributed by atoms with Crippen molar-refractivity contribution in [2.75, 3.05) is 14.2 Å². The monoisotopic (exact) mass is 428 g/mol. The van der Waals surface area contributed by atoms with Crippen molar-refractivity contribution < 1.29 is 9.47 Å². The molecule has 1 aromatic heterocycles. The van der Waals surface area contributed by atoms with E-state index in [0.29, 0.717) is 27.4 Å². The lowest BCUT2D eigenvalue weighted by atomic mass is 9.95. The summed E-state index contributed by atoms with van der Waals surface area (Å²) < 4.78 is 13.9. The molecule has 30 heavy (non-hydrogen) atoms. The molecule has 1 aliphatic carbocycles. The van der Waals surface area contributed by atoms with Crippen LogP contribution in [0, 0.1) is 0 Å². The lowest BCUT2D eigenvalue weighted by Gasteiger charge is -2.25. The summed E-state index contributed by atoms with van der Waals surface area (Å²) in [5.74, 6) is 0.923. The van der Waals surface area contributed by atoms with Crippen LogP contribution in [-0.2, 0) is 6.54 Å². The van der Waals surface area contributed by atoms with Gasteiger partial charge in [-0.3, -0.25) is 13.9 Å². The highest BCUT2D eigenvalue weighted by molar-refractivity contribution is 6.31. The number of ether oxygens (including phenoxy) is 2. The first-order valence-corrected chi connectivity index (χ1v) is 10.6. The number of methoxy groups -OCH3 is 2. The Kier molecular flexibility index (Phi) is 5.86. The molecule has 0 radical (unpaired) electrons. The van der Waals surface area contributed by atoms with Gasteiger partial charge in [0, 0.05) is 17.1 Å². The molecule has 1 saturated carbocycles. The predicted octanol–water partition coefficient (Wildman–Crippen LogP) is 4.39. The molecule has 7 heteroatoms. The Morgan fingerprint density at radius 1 is 1.00 bits per heavy atom. The van der Waals surface area contributed by atoms with Gasteiger partial charge in [-0.05, 0) is 30.5 Å². The van der Waals surface area contributed by atoms with Crippen LogP contribution in [0.1, 0.15) is 43.7 Å². The van der Waals surface area contributed by atoms with Crippen LogP contribution in [0.2, 0.25) is 5.02 Å². The fraction of sp³-hybridized carbons (Fsp3) is 0.391. The minimum atomic E-state index is -0.313. The standard InChI is InChI=1S/C23H25ClN2O4/c1-29-20-12-17-19(13-21(20)30-2)25(14-15-8-6-7-11-18(15)24)23(28)26(22(17)27)16-9-4-3-5-10-16/h6-8,11-13,16H,3-5,9-10,14H2,1-2H3. The smallest absolute Gasteiger partial charge is 0.332 e. The van der Waals surface area contributed by atoms with Gasteiger partial charge in [0.25, 0.3) is 5.56 Å². The molecule has 0 saturated heterocycles. The fourth-order valence-electron chi connectivity index (χ4n) is 4.32. The first-order chi connectivity index (χ1) is 14.5. The van der Waals surface area contributed by atoms with Crippen molar-refractivity contribution in [2.24, 2.45) is 0 Å². The number of benzene rings is 2. The minimum Gasteiger partial charge on any atom is -0.493 e. The third-order valence-electron chi connectivity index (χ3n) is 5.91. The average molecular weight is 429 g/mol. The number of rotatable bonds is 5. The molecule has 0 bridgehead atoms. The molecule has 0 aliphatic heterocycles. The van der Waals surface area contributed by atoms with Crippen molar-refractivity contribution >= 4 is 22.5 Å². The molecule has 1 aliphatic rings. The summed E-state index contributed by atoms with van der Waals surface area (Å²) in [7, 11) is 3.06. The van der Waals surface area contributed by atoms with Crippen molar-refractivity contribution in [3.63, 3.8) is 0 Å². The predicted molar refractivity (Wildman–Crippen MR) is 118 cm³/mol. The van der Waals surface area contributed by atoms with Crippen LogP contribution >= 0.6 is 11.6 Å². The highest BCUT2D eigenvalue weighted by atomic mass is 35.5. The van der Waals surface area contributed by atoms with E-state index in [4.69, 9.17) is 21.1 Å². The number of nitrogens with zero attached hydrogens (tertiary/aromatic N) is 2. The Balaban J connectivity index is 2.02. The quantitative estimate of drug-likeness (QED) is 0.604. The zero-order valence-corrected chi connectivity index (χ0v) is 17.9. The van der Waals surface area contributed by atoms with Gasteiger partial charge in [0.05, 0.1) is 31.7 Å². The van der Waals surface area contributed by atoms with Gasteiger partial charge in [-0.15, -0.1) is 0 Å². The van der Waals surface area contributed by atoms with Crippen LogP contribution in [-0.4, -0.2) is 23.4 Å². The van der Waals surface area contributed by atoms with E-state index in [0.717, 1.165) is 37.7 Å². The average Bonchev–Trinajstić information content (AvgIpc) is 2.77. The number of hydrogen-bond acceptors (Lipinski definition) is 4. The first-order valence-electron chi connectivity index (χ1n) is 10.2. The highest BCUT2D eigenvalue weighted by Gasteiger charge is 2.24. The zero-order chi connectivity index (χ0) is 21.3. The molecule has 0 unspecified atom stereocenters. The van der Waals surface area contributed by atoms with E-state index in [-0.39, 0.29) is 23.8 Å². The molecule has 4 rings (SSSR count). The van der Waals surface area contributed by atoms with Gasteiger partial charge in [0.1, 0.15) is 0 Å². The van der Waals surface area contributed by atoms with Crippen LogP contribution in [0.25, 0.3) is 10.9 Å².